The summed E-state index contributed by atoms with van der Waals surface area (Å²) in [5, 5.41) is 6.89. The van der Waals surface area contributed by atoms with Crippen LogP contribution in [0.25, 0.3) is 0 Å². The largest absolute Gasteiger partial charge is 0.483 e. The summed E-state index contributed by atoms with van der Waals surface area (Å²) >= 11 is 0. The summed E-state index contributed by atoms with van der Waals surface area (Å²) in [7, 11) is 0. The molecular formula is C6H8BrNO2. The lowest BCUT2D eigenvalue weighted by Crippen LogP contribution is -1.58. The Morgan fingerprint density at radius 2 is 1.60 bits per heavy atom. The first-order chi connectivity index (χ1) is 4.41. The minimum atomic E-state index is -0.250. The first-order valence-corrected chi connectivity index (χ1v) is 2.34. The van der Waals surface area contributed by atoms with Crippen molar-refractivity contribution in [2.45, 2.75) is 0 Å². The van der Waals surface area contributed by atoms with E-state index in [-0.39, 0.29) is 23.5 Å². The molecule has 0 aliphatic carbocycles. The fourth-order valence-corrected chi connectivity index (χ4v) is 0.313. The van der Waals surface area contributed by atoms with Crippen molar-refractivity contribution in [3.05, 3.63) is 30.6 Å². The van der Waals surface area contributed by atoms with Crippen molar-refractivity contribution < 1.29 is 9.90 Å². The number of halogens is 1. The minimum Gasteiger partial charge on any atom is -0.483 e. The molecule has 0 aliphatic heterocycles. The lowest BCUT2D eigenvalue weighted by Gasteiger charge is -1.70. The molecule has 3 nitrogen and oxygen atoms in total. The zero-order valence-electron chi connectivity index (χ0n) is 5.18. The van der Waals surface area contributed by atoms with Crippen molar-refractivity contribution in [2.75, 3.05) is 0 Å². The predicted octanol–water partition coefficient (Wildman–Crippen LogP) is 1.36. The highest BCUT2D eigenvalue weighted by Gasteiger charge is 1.58. The van der Waals surface area contributed by atoms with Gasteiger partial charge in [-0.1, -0.05) is 6.07 Å². The van der Waals surface area contributed by atoms with Gasteiger partial charge in [-0.3, -0.25) is 9.78 Å². The Balaban J connectivity index is 0. The molecule has 0 saturated carbocycles. The van der Waals surface area contributed by atoms with Crippen LogP contribution in [0.4, 0.5) is 0 Å². The van der Waals surface area contributed by atoms with Crippen molar-refractivity contribution in [2.24, 2.45) is 0 Å². The number of hydrogen-bond acceptors (Lipinski definition) is 2. The van der Waals surface area contributed by atoms with Crippen LogP contribution in [0.1, 0.15) is 0 Å². The monoisotopic (exact) mass is 205 g/mol. The van der Waals surface area contributed by atoms with Crippen molar-refractivity contribution in [1.29, 1.82) is 0 Å². The van der Waals surface area contributed by atoms with Crippen LogP contribution in [0.3, 0.4) is 0 Å². The Hall–Kier alpha value is -0.900. The molecular weight excluding hydrogens is 198 g/mol. The van der Waals surface area contributed by atoms with E-state index in [2.05, 4.69) is 4.98 Å². The molecule has 1 aromatic heterocycles. The Labute approximate surface area is 69.5 Å². The second-order valence-electron chi connectivity index (χ2n) is 1.13. The maximum Gasteiger partial charge on any atom is 0.290 e. The molecule has 1 rings (SSSR count). The lowest BCUT2D eigenvalue weighted by atomic mass is 10.5. The van der Waals surface area contributed by atoms with E-state index < -0.39 is 0 Å². The molecule has 1 aromatic rings. The average Bonchev–Trinajstić information content (AvgIpc) is 1.93. The average molecular weight is 206 g/mol. The van der Waals surface area contributed by atoms with E-state index in [0.717, 1.165) is 0 Å². The minimum absolute atomic E-state index is 0. The number of rotatable bonds is 0. The van der Waals surface area contributed by atoms with Crippen molar-refractivity contribution >= 4 is 23.5 Å². The third kappa shape index (κ3) is 10.2. The molecule has 56 valence electrons. The lowest BCUT2D eigenvalue weighted by molar-refractivity contribution is -0.122. The number of nitrogens with zero attached hydrogens (tertiary/aromatic N) is 1. The maximum atomic E-state index is 8.36. The quantitative estimate of drug-likeness (QED) is 0.652. The van der Waals surface area contributed by atoms with Crippen molar-refractivity contribution in [1.82, 2.24) is 4.98 Å². The van der Waals surface area contributed by atoms with Crippen LogP contribution < -0.4 is 0 Å². The van der Waals surface area contributed by atoms with Gasteiger partial charge in [0, 0.05) is 12.4 Å². The van der Waals surface area contributed by atoms with Crippen LogP contribution in [0.15, 0.2) is 30.6 Å². The molecule has 0 amide bonds. The van der Waals surface area contributed by atoms with Crippen LogP contribution >= 0.6 is 17.0 Å². The Bertz CT molecular complexity index is 119. The molecule has 1 N–H and O–H groups in total. The van der Waals surface area contributed by atoms with Crippen molar-refractivity contribution in [3.8, 4) is 0 Å². The van der Waals surface area contributed by atoms with E-state index in [4.69, 9.17) is 9.90 Å². The van der Waals surface area contributed by atoms with E-state index in [9.17, 15) is 0 Å². The fraction of sp³-hybridized carbons (Fsp3) is 0. The topological polar surface area (TPSA) is 50.2 Å². The first-order valence-electron chi connectivity index (χ1n) is 2.34. The third-order valence-electron chi connectivity index (χ3n) is 0.566. The summed E-state index contributed by atoms with van der Waals surface area (Å²) in [5.74, 6) is 0. The highest BCUT2D eigenvalue weighted by Crippen LogP contribution is 1.73. The maximum absolute atomic E-state index is 8.36. The molecule has 10 heavy (non-hydrogen) atoms. The standard InChI is InChI=1S/C5H5N.CH2O2.BrH/c1-2-4-6-5-3-1;2-1-3;/h1-5H;1H,(H,2,3);1H. The number of carbonyl (C=O) groups is 1. The van der Waals surface area contributed by atoms with E-state index in [1.54, 1.807) is 12.4 Å². The summed E-state index contributed by atoms with van der Waals surface area (Å²) in [6.07, 6.45) is 3.50. The van der Waals surface area contributed by atoms with Gasteiger partial charge in [0.05, 0.1) is 0 Å². The van der Waals surface area contributed by atoms with Crippen LogP contribution in [0.2, 0.25) is 0 Å². The highest BCUT2D eigenvalue weighted by molar-refractivity contribution is 8.93. The molecule has 0 atom stereocenters. The van der Waals surface area contributed by atoms with Crippen LogP contribution in [-0.2, 0) is 4.79 Å². The summed E-state index contributed by atoms with van der Waals surface area (Å²) in [5.41, 5.74) is 0. The molecule has 0 aliphatic rings. The summed E-state index contributed by atoms with van der Waals surface area (Å²) in [6, 6.07) is 5.72. The van der Waals surface area contributed by atoms with E-state index in [1.807, 2.05) is 18.2 Å². The van der Waals surface area contributed by atoms with Gasteiger partial charge in [0.2, 0.25) is 0 Å². The van der Waals surface area contributed by atoms with Gasteiger partial charge in [0.1, 0.15) is 0 Å². The fourth-order valence-electron chi connectivity index (χ4n) is 0.313. The smallest absolute Gasteiger partial charge is 0.290 e. The SMILES string of the molecule is Br.O=CO.c1ccncc1. The zero-order valence-corrected chi connectivity index (χ0v) is 6.89. The molecule has 0 aromatic carbocycles. The first kappa shape index (κ1) is 11.8. The van der Waals surface area contributed by atoms with Crippen molar-refractivity contribution in [3.63, 3.8) is 0 Å². The molecule has 0 spiro atoms. The molecule has 0 saturated heterocycles. The van der Waals surface area contributed by atoms with Gasteiger partial charge in [-0.2, -0.15) is 0 Å². The Morgan fingerprint density at radius 1 is 1.20 bits per heavy atom. The van der Waals surface area contributed by atoms with E-state index >= 15 is 0 Å². The van der Waals surface area contributed by atoms with Gasteiger partial charge in [-0.15, -0.1) is 17.0 Å². The predicted molar refractivity (Wildman–Crippen MR) is 43.3 cm³/mol. The molecule has 1 heterocycles. The van der Waals surface area contributed by atoms with Gasteiger partial charge < -0.3 is 5.11 Å². The van der Waals surface area contributed by atoms with Gasteiger partial charge in [0.25, 0.3) is 6.47 Å². The van der Waals surface area contributed by atoms with Gasteiger partial charge >= 0.3 is 0 Å². The Kier molecular flexibility index (Phi) is 13.0. The molecule has 0 unspecified atom stereocenters. The molecule has 0 fully saturated rings. The van der Waals surface area contributed by atoms with Crippen LogP contribution in [0.5, 0.6) is 0 Å². The number of pyridine rings is 1. The third-order valence-corrected chi connectivity index (χ3v) is 0.566. The second-order valence-corrected chi connectivity index (χ2v) is 1.13. The van der Waals surface area contributed by atoms with E-state index in [0.29, 0.717) is 0 Å². The Morgan fingerprint density at radius 3 is 1.70 bits per heavy atom. The summed E-state index contributed by atoms with van der Waals surface area (Å²) in [6.45, 7) is -0.250. The van der Waals surface area contributed by atoms with Gasteiger partial charge in [-0.05, 0) is 12.1 Å². The number of carboxylic acid groups (broad SMARTS) is 1. The number of aromatic nitrogens is 1. The highest BCUT2D eigenvalue weighted by atomic mass is 79.9. The summed E-state index contributed by atoms with van der Waals surface area (Å²) in [4.78, 5) is 12.1. The molecule has 4 heteroatoms. The normalized spacial score (nSPS) is 6.00. The number of hydrogen-bond donors (Lipinski definition) is 1. The van der Waals surface area contributed by atoms with Crippen LogP contribution in [0, 0.1) is 0 Å². The summed E-state index contributed by atoms with van der Waals surface area (Å²) < 4.78 is 0. The second kappa shape index (κ2) is 11.0. The van der Waals surface area contributed by atoms with E-state index in [1.165, 1.54) is 0 Å². The van der Waals surface area contributed by atoms with Crippen LogP contribution in [-0.4, -0.2) is 16.6 Å². The van der Waals surface area contributed by atoms with Gasteiger partial charge in [0.15, 0.2) is 0 Å². The molecule has 0 radical (unpaired) electrons. The zero-order chi connectivity index (χ0) is 6.95. The molecule has 0 bridgehead atoms. The van der Waals surface area contributed by atoms with Gasteiger partial charge in [-0.25, -0.2) is 0 Å².